The highest BCUT2D eigenvalue weighted by Gasteiger charge is 2.52. The van der Waals surface area contributed by atoms with Crippen LogP contribution in [0.2, 0.25) is 5.02 Å². The average Bonchev–Trinajstić information content (AvgIpc) is 2.89. The van der Waals surface area contributed by atoms with Gasteiger partial charge in [-0.15, -0.1) is 0 Å². The number of anilines is 1. The fourth-order valence-corrected chi connectivity index (χ4v) is 6.26. The summed E-state index contributed by atoms with van der Waals surface area (Å²) in [4.78, 5) is 11.1. The van der Waals surface area contributed by atoms with Crippen LogP contribution in [0, 0.1) is 5.41 Å². The second-order valence-electron chi connectivity index (χ2n) is 8.64. The van der Waals surface area contributed by atoms with Crippen LogP contribution in [0.25, 0.3) is 0 Å². The number of para-hydroxylation sites is 1. The number of amidine groups is 1. The number of hydrogen-bond acceptors (Lipinski definition) is 4. The lowest BCUT2D eigenvalue weighted by Crippen LogP contribution is -2.51. The van der Waals surface area contributed by atoms with Crippen molar-refractivity contribution < 1.29 is 0 Å². The van der Waals surface area contributed by atoms with E-state index in [-0.39, 0.29) is 11.5 Å². The zero-order chi connectivity index (χ0) is 19.7. The van der Waals surface area contributed by atoms with Gasteiger partial charge in [0.1, 0.15) is 5.84 Å². The summed E-state index contributed by atoms with van der Waals surface area (Å²) in [7, 11) is 0. The minimum absolute atomic E-state index is 0.149. The number of nitrogens with zero attached hydrogens (tertiary/aromatic N) is 3. The summed E-state index contributed by atoms with van der Waals surface area (Å²) >= 11 is 14.7. The summed E-state index contributed by atoms with van der Waals surface area (Å²) in [5.74, 6) is 3.49. The summed E-state index contributed by atoms with van der Waals surface area (Å²) in [5, 5.41) is 0.742. The standard InChI is InChI=1S/C22H30ClN3S2/c1-22(2)19(25-12-14-28-15-13-25)20(24-16-8-4-3-5-9-16)26(21(22)27)18-11-7-6-10-17(18)23/h6-7,10-11,16,19H,3-5,8-9,12-15H2,1-2H3. The van der Waals surface area contributed by atoms with Crippen LogP contribution < -0.4 is 4.90 Å². The van der Waals surface area contributed by atoms with Gasteiger partial charge < -0.3 is 0 Å². The van der Waals surface area contributed by atoms with Crippen molar-refractivity contribution in [2.45, 2.75) is 58.0 Å². The molecule has 3 aliphatic rings. The van der Waals surface area contributed by atoms with Crippen LogP contribution in [-0.4, -0.2) is 52.4 Å². The molecule has 0 amide bonds. The summed E-state index contributed by atoms with van der Waals surface area (Å²) < 4.78 is 0. The molecule has 3 nitrogen and oxygen atoms in total. The van der Waals surface area contributed by atoms with E-state index in [0.29, 0.717) is 6.04 Å². The van der Waals surface area contributed by atoms with Gasteiger partial charge in [-0.2, -0.15) is 11.8 Å². The van der Waals surface area contributed by atoms with Crippen LogP contribution >= 0.6 is 35.6 Å². The molecule has 1 aromatic carbocycles. The number of hydrogen-bond donors (Lipinski definition) is 0. The van der Waals surface area contributed by atoms with Crippen LogP contribution in [0.3, 0.4) is 0 Å². The van der Waals surface area contributed by atoms with Crippen LogP contribution in [0.4, 0.5) is 5.69 Å². The lowest BCUT2D eigenvalue weighted by Gasteiger charge is -2.38. The third-order valence-corrected chi connectivity index (χ3v) is 8.28. The predicted octanol–water partition coefficient (Wildman–Crippen LogP) is 5.66. The van der Waals surface area contributed by atoms with Crippen LogP contribution in [0.15, 0.2) is 29.3 Å². The molecular weight excluding hydrogens is 406 g/mol. The number of thiocarbonyl (C=S) groups is 1. The highest BCUT2D eigenvalue weighted by atomic mass is 35.5. The SMILES string of the molecule is CC1(C)C(=S)N(c2ccccc2Cl)C(=NC2CCCCC2)C1N1CCSCC1. The van der Waals surface area contributed by atoms with Crippen molar-refractivity contribution in [1.29, 1.82) is 0 Å². The maximum absolute atomic E-state index is 6.63. The van der Waals surface area contributed by atoms with E-state index < -0.39 is 0 Å². The second-order valence-corrected chi connectivity index (χ2v) is 10.7. The Morgan fingerprint density at radius 1 is 1.11 bits per heavy atom. The highest BCUT2D eigenvalue weighted by Crippen LogP contribution is 2.43. The maximum atomic E-state index is 6.63. The lowest BCUT2D eigenvalue weighted by atomic mass is 9.85. The molecule has 1 saturated carbocycles. The number of aliphatic imine (C=N–C) groups is 1. The fraction of sp³-hybridized carbons (Fsp3) is 0.636. The number of benzene rings is 1. The molecular formula is C22H30ClN3S2. The van der Waals surface area contributed by atoms with Gasteiger partial charge in [0.15, 0.2) is 0 Å². The van der Waals surface area contributed by atoms with Crippen LogP contribution in [0.5, 0.6) is 0 Å². The van der Waals surface area contributed by atoms with E-state index in [1.54, 1.807) is 0 Å². The van der Waals surface area contributed by atoms with Gasteiger partial charge in [0.25, 0.3) is 0 Å². The molecule has 152 valence electrons. The highest BCUT2D eigenvalue weighted by molar-refractivity contribution is 7.99. The molecule has 2 saturated heterocycles. The quantitative estimate of drug-likeness (QED) is 0.570. The Morgan fingerprint density at radius 2 is 1.79 bits per heavy atom. The zero-order valence-electron chi connectivity index (χ0n) is 16.9. The molecule has 1 aromatic rings. The van der Waals surface area contributed by atoms with Crippen LogP contribution in [-0.2, 0) is 0 Å². The first-order valence-corrected chi connectivity index (χ1v) is 12.4. The molecule has 2 aliphatic heterocycles. The Kier molecular flexibility index (Phi) is 6.36. The number of thioether (sulfide) groups is 1. The molecule has 6 heteroatoms. The Hall–Kier alpha value is -0.620. The smallest absolute Gasteiger partial charge is 0.127 e. The number of rotatable bonds is 3. The minimum atomic E-state index is -0.149. The van der Waals surface area contributed by atoms with Crippen molar-refractivity contribution in [1.82, 2.24) is 4.90 Å². The first-order chi connectivity index (χ1) is 13.5. The molecule has 0 N–H and O–H groups in total. The maximum Gasteiger partial charge on any atom is 0.127 e. The van der Waals surface area contributed by atoms with E-state index >= 15 is 0 Å². The van der Waals surface area contributed by atoms with Crippen LogP contribution in [0.1, 0.15) is 46.0 Å². The minimum Gasteiger partial charge on any atom is -0.291 e. The second kappa shape index (κ2) is 8.63. The summed E-state index contributed by atoms with van der Waals surface area (Å²) in [6, 6.07) is 8.68. The van der Waals surface area contributed by atoms with Gasteiger partial charge in [-0.05, 0) is 25.0 Å². The summed E-state index contributed by atoms with van der Waals surface area (Å²) in [5.41, 5.74) is 0.829. The Morgan fingerprint density at radius 3 is 2.46 bits per heavy atom. The van der Waals surface area contributed by atoms with E-state index in [9.17, 15) is 0 Å². The monoisotopic (exact) mass is 435 g/mol. The van der Waals surface area contributed by atoms with Gasteiger partial charge in [-0.3, -0.25) is 14.8 Å². The Bertz CT molecular complexity index is 752. The van der Waals surface area contributed by atoms with Gasteiger partial charge in [0, 0.05) is 30.0 Å². The van der Waals surface area contributed by atoms with Crippen molar-refractivity contribution in [3.05, 3.63) is 29.3 Å². The van der Waals surface area contributed by atoms with Crippen molar-refractivity contribution in [2.75, 3.05) is 29.5 Å². The first-order valence-electron chi connectivity index (χ1n) is 10.5. The Balaban J connectivity index is 1.80. The summed E-state index contributed by atoms with van der Waals surface area (Å²) in [6.45, 7) is 6.77. The normalized spacial score (nSPS) is 28.2. The fourth-order valence-electron chi connectivity index (χ4n) is 4.80. The van der Waals surface area contributed by atoms with Gasteiger partial charge in [-0.1, -0.05) is 69.1 Å². The van der Waals surface area contributed by atoms with Gasteiger partial charge >= 0.3 is 0 Å². The molecule has 1 atom stereocenters. The molecule has 2 heterocycles. The molecule has 1 aliphatic carbocycles. The first kappa shape index (κ1) is 20.6. The third kappa shape index (κ3) is 3.88. The summed E-state index contributed by atoms with van der Waals surface area (Å²) in [6.07, 6.45) is 6.29. The van der Waals surface area contributed by atoms with Crippen molar-refractivity contribution in [3.63, 3.8) is 0 Å². The molecule has 1 unspecified atom stereocenters. The van der Waals surface area contributed by atoms with Crippen molar-refractivity contribution in [2.24, 2.45) is 10.4 Å². The lowest BCUT2D eigenvalue weighted by molar-refractivity contribution is 0.201. The van der Waals surface area contributed by atoms with Gasteiger partial charge in [0.2, 0.25) is 0 Å². The van der Waals surface area contributed by atoms with E-state index in [1.165, 1.54) is 43.6 Å². The largest absolute Gasteiger partial charge is 0.291 e. The average molecular weight is 436 g/mol. The number of halogens is 1. The van der Waals surface area contributed by atoms with Crippen molar-refractivity contribution >= 4 is 52.1 Å². The third-order valence-electron chi connectivity index (χ3n) is 6.31. The van der Waals surface area contributed by atoms with E-state index in [4.69, 9.17) is 28.8 Å². The molecule has 0 spiro atoms. The molecule has 0 aromatic heterocycles. The zero-order valence-corrected chi connectivity index (χ0v) is 19.3. The molecule has 3 fully saturated rings. The topological polar surface area (TPSA) is 18.8 Å². The van der Waals surface area contributed by atoms with Gasteiger partial charge in [0.05, 0.1) is 27.8 Å². The molecule has 4 rings (SSSR count). The Labute approximate surface area is 183 Å². The predicted molar refractivity (Wildman–Crippen MR) is 127 cm³/mol. The molecule has 0 radical (unpaired) electrons. The van der Waals surface area contributed by atoms with E-state index in [1.807, 2.05) is 30.0 Å². The van der Waals surface area contributed by atoms with E-state index in [2.05, 4.69) is 29.7 Å². The molecule has 0 bridgehead atoms. The van der Waals surface area contributed by atoms with E-state index in [0.717, 1.165) is 34.6 Å². The van der Waals surface area contributed by atoms with Gasteiger partial charge in [-0.25, -0.2) is 0 Å². The molecule has 28 heavy (non-hydrogen) atoms. The van der Waals surface area contributed by atoms with Crippen molar-refractivity contribution in [3.8, 4) is 0 Å².